The lowest BCUT2D eigenvalue weighted by Gasteiger charge is -2.09. The maximum Gasteiger partial charge on any atom is 0.270 e. The highest BCUT2D eigenvalue weighted by atomic mass is 35.5. The Morgan fingerprint density at radius 3 is 2.70 bits per heavy atom. The molecule has 0 unspecified atom stereocenters. The first-order valence-electron chi connectivity index (χ1n) is 5.65. The van der Waals surface area contributed by atoms with Crippen molar-refractivity contribution in [1.82, 2.24) is 10.4 Å². The normalized spacial score (nSPS) is 10.2. The van der Waals surface area contributed by atoms with Crippen molar-refractivity contribution in [2.24, 2.45) is 5.84 Å². The molecule has 20 heavy (non-hydrogen) atoms. The first-order valence-corrected chi connectivity index (χ1v) is 6.02. The largest absolute Gasteiger partial charge is 0.496 e. The van der Waals surface area contributed by atoms with Crippen molar-refractivity contribution < 1.29 is 9.53 Å². The number of aromatic amines is 1. The second kappa shape index (κ2) is 5.77. The molecule has 0 fully saturated rings. The predicted molar refractivity (Wildman–Crippen MR) is 75.7 cm³/mol. The number of hydrogen-bond acceptors (Lipinski definition) is 4. The Hall–Kier alpha value is -2.31. The summed E-state index contributed by atoms with van der Waals surface area (Å²) < 4.78 is 5.21. The minimum Gasteiger partial charge on any atom is -0.496 e. The molecule has 0 aliphatic heterocycles. The molecule has 0 spiro atoms. The van der Waals surface area contributed by atoms with Gasteiger partial charge in [0, 0.05) is 10.6 Å². The van der Waals surface area contributed by atoms with Crippen LogP contribution in [0, 0.1) is 0 Å². The molecule has 1 heterocycles. The second-order valence-corrected chi connectivity index (χ2v) is 4.37. The third kappa shape index (κ3) is 2.66. The van der Waals surface area contributed by atoms with Gasteiger partial charge in [-0.1, -0.05) is 11.6 Å². The van der Waals surface area contributed by atoms with E-state index in [1.165, 1.54) is 13.2 Å². The SMILES string of the molecule is COc1ccc(Cl)cc1-c1ccc(C(=O)NN)c(=O)[nH]1. The molecule has 0 saturated heterocycles. The van der Waals surface area contributed by atoms with Gasteiger partial charge in [0.1, 0.15) is 11.3 Å². The van der Waals surface area contributed by atoms with E-state index >= 15 is 0 Å². The summed E-state index contributed by atoms with van der Waals surface area (Å²) in [6.45, 7) is 0. The highest BCUT2D eigenvalue weighted by molar-refractivity contribution is 6.30. The van der Waals surface area contributed by atoms with Crippen LogP contribution in [0.1, 0.15) is 10.4 Å². The molecule has 2 aromatic rings. The zero-order valence-corrected chi connectivity index (χ0v) is 11.3. The number of nitrogens with two attached hydrogens (primary N) is 1. The molecular formula is C13H12ClN3O3. The molecule has 6 nitrogen and oxygen atoms in total. The van der Waals surface area contributed by atoms with Gasteiger partial charge in [-0.3, -0.25) is 15.0 Å². The average molecular weight is 294 g/mol. The van der Waals surface area contributed by atoms with Gasteiger partial charge in [-0.2, -0.15) is 0 Å². The number of benzene rings is 1. The van der Waals surface area contributed by atoms with Crippen LogP contribution in [-0.4, -0.2) is 18.0 Å². The van der Waals surface area contributed by atoms with Gasteiger partial charge in [0.2, 0.25) is 0 Å². The van der Waals surface area contributed by atoms with Crippen molar-refractivity contribution in [2.75, 3.05) is 7.11 Å². The number of hydrogen-bond donors (Lipinski definition) is 3. The highest BCUT2D eigenvalue weighted by Gasteiger charge is 2.12. The molecule has 1 aromatic carbocycles. The van der Waals surface area contributed by atoms with Gasteiger partial charge in [-0.25, -0.2) is 5.84 Å². The van der Waals surface area contributed by atoms with Crippen LogP contribution in [0.25, 0.3) is 11.3 Å². The fourth-order valence-corrected chi connectivity index (χ4v) is 1.95. The molecule has 1 aromatic heterocycles. The summed E-state index contributed by atoms with van der Waals surface area (Å²) in [4.78, 5) is 25.8. The lowest BCUT2D eigenvalue weighted by Crippen LogP contribution is -2.34. The number of halogens is 1. The fourth-order valence-electron chi connectivity index (χ4n) is 1.78. The smallest absolute Gasteiger partial charge is 0.270 e. The summed E-state index contributed by atoms with van der Waals surface area (Å²) in [5.41, 5.74) is 2.40. The summed E-state index contributed by atoms with van der Waals surface area (Å²) in [5, 5.41) is 0.505. The minimum absolute atomic E-state index is 0.0720. The number of carbonyl (C=O) groups excluding carboxylic acids is 1. The topological polar surface area (TPSA) is 97.2 Å². The van der Waals surface area contributed by atoms with E-state index < -0.39 is 11.5 Å². The van der Waals surface area contributed by atoms with E-state index in [0.29, 0.717) is 22.0 Å². The lowest BCUT2D eigenvalue weighted by molar-refractivity contribution is 0.0952. The van der Waals surface area contributed by atoms with Crippen LogP contribution in [0.4, 0.5) is 0 Å². The second-order valence-electron chi connectivity index (χ2n) is 3.93. The van der Waals surface area contributed by atoms with E-state index in [1.807, 2.05) is 5.43 Å². The quantitative estimate of drug-likeness (QED) is 0.451. The number of pyridine rings is 1. The molecule has 0 bridgehead atoms. The summed E-state index contributed by atoms with van der Waals surface area (Å²) in [7, 11) is 1.51. The zero-order valence-electron chi connectivity index (χ0n) is 10.6. The van der Waals surface area contributed by atoms with Crippen LogP contribution in [0.2, 0.25) is 5.02 Å². The summed E-state index contributed by atoms with van der Waals surface area (Å²) in [6, 6.07) is 8.00. The Bertz CT molecular complexity index is 712. The van der Waals surface area contributed by atoms with E-state index in [2.05, 4.69) is 4.98 Å². The Kier molecular flexibility index (Phi) is 4.07. The molecule has 7 heteroatoms. The number of aromatic nitrogens is 1. The first-order chi connectivity index (χ1) is 9.56. The number of methoxy groups -OCH3 is 1. The van der Waals surface area contributed by atoms with E-state index in [0.717, 1.165) is 0 Å². The summed E-state index contributed by atoms with van der Waals surface area (Å²) >= 11 is 5.94. The number of nitrogen functional groups attached to an aromatic ring is 1. The summed E-state index contributed by atoms with van der Waals surface area (Å²) in [5.74, 6) is 4.90. The van der Waals surface area contributed by atoms with Crippen LogP contribution in [0.15, 0.2) is 35.1 Å². The number of nitrogens with one attached hydrogen (secondary N) is 2. The van der Waals surface area contributed by atoms with E-state index in [-0.39, 0.29) is 5.56 Å². The van der Waals surface area contributed by atoms with Gasteiger partial charge in [-0.05, 0) is 30.3 Å². The van der Waals surface area contributed by atoms with Crippen LogP contribution < -0.4 is 21.6 Å². The van der Waals surface area contributed by atoms with Gasteiger partial charge < -0.3 is 9.72 Å². The van der Waals surface area contributed by atoms with Crippen LogP contribution in [-0.2, 0) is 0 Å². The molecule has 1 amide bonds. The van der Waals surface area contributed by atoms with Gasteiger partial charge in [-0.15, -0.1) is 0 Å². The molecule has 0 aliphatic carbocycles. The van der Waals surface area contributed by atoms with Crippen molar-refractivity contribution in [2.45, 2.75) is 0 Å². The molecule has 0 aliphatic rings. The highest BCUT2D eigenvalue weighted by Crippen LogP contribution is 2.30. The number of rotatable bonds is 3. The maximum atomic E-state index is 11.9. The predicted octanol–water partition coefficient (Wildman–Crippen LogP) is 1.31. The van der Waals surface area contributed by atoms with E-state index in [1.54, 1.807) is 24.3 Å². The Morgan fingerprint density at radius 2 is 2.10 bits per heavy atom. The van der Waals surface area contributed by atoms with Gasteiger partial charge in [0.05, 0.1) is 12.8 Å². The molecule has 2 rings (SSSR count). The van der Waals surface area contributed by atoms with Crippen LogP contribution in [0.3, 0.4) is 0 Å². The Labute approximate surface area is 119 Å². The maximum absolute atomic E-state index is 11.9. The van der Waals surface area contributed by atoms with Gasteiger partial charge in [0.25, 0.3) is 11.5 Å². The van der Waals surface area contributed by atoms with Crippen molar-refractivity contribution >= 4 is 17.5 Å². The molecular weight excluding hydrogens is 282 g/mol. The standard InChI is InChI=1S/C13H12ClN3O3/c1-20-11-5-2-7(14)6-9(11)10-4-3-8(12(18)16-10)13(19)17-15/h2-6H,15H2,1H3,(H,16,18)(H,17,19). The van der Waals surface area contributed by atoms with Crippen molar-refractivity contribution in [1.29, 1.82) is 0 Å². The van der Waals surface area contributed by atoms with Crippen molar-refractivity contribution in [3.63, 3.8) is 0 Å². The number of H-pyrrole nitrogens is 1. The molecule has 0 saturated carbocycles. The summed E-state index contributed by atoms with van der Waals surface area (Å²) in [6.07, 6.45) is 0. The number of ether oxygens (including phenoxy) is 1. The fraction of sp³-hybridized carbons (Fsp3) is 0.0769. The minimum atomic E-state index is -0.657. The first kappa shape index (κ1) is 14.1. The van der Waals surface area contributed by atoms with Gasteiger partial charge in [0.15, 0.2) is 0 Å². The monoisotopic (exact) mass is 293 g/mol. The average Bonchev–Trinajstić information content (AvgIpc) is 2.46. The van der Waals surface area contributed by atoms with Crippen LogP contribution in [0.5, 0.6) is 5.75 Å². The number of hydrazine groups is 1. The molecule has 4 N–H and O–H groups in total. The zero-order chi connectivity index (χ0) is 14.7. The third-order valence-corrected chi connectivity index (χ3v) is 2.97. The lowest BCUT2D eigenvalue weighted by atomic mass is 10.1. The van der Waals surface area contributed by atoms with Crippen molar-refractivity contribution in [3.8, 4) is 17.0 Å². The number of amides is 1. The molecule has 104 valence electrons. The van der Waals surface area contributed by atoms with E-state index in [9.17, 15) is 9.59 Å². The molecule has 0 radical (unpaired) electrons. The Balaban J connectivity index is 2.55. The molecule has 0 atom stereocenters. The third-order valence-electron chi connectivity index (χ3n) is 2.74. The van der Waals surface area contributed by atoms with E-state index in [4.69, 9.17) is 22.2 Å². The van der Waals surface area contributed by atoms with Crippen LogP contribution >= 0.6 is 11.6 Å². The van der Waals surface area contributed by atoms with Crippen molar-refractivity contribution in [3.05, 3.63) is 51.3 Å². The Morgan fingerprint density at radius 1 is 1.35 bits per heavy atom. The van der Waals surface area contributed by atoms with Gasteiger partial charge >= 0.3 is 0 Å². The number of carbonyl (C=O) groups is 1.